The van der Waals surface area contributed by atoms with Crippen LogP contribution in [0.2, 0.25) is 0 Å². The maximum atomic E-state index is 13.6. The van der Waals surface area contributed by atoms with Gasteiger partial charge in [0.1, 0.15) is 11.8 Å². The van der Waals surface area contributed by atoms with Gasteiger partial charge in [0.25, 0.3) is 0 Å². The van der Waals surface area contributed by atoms with Crippen LogP contribution in [0.4, 0.5) is 21.2 Å². The van der Waals surface area contributed by atoms with E-state index in [4.69, 9.17) is 9.84 Å². The van der Waals surface area contributed by atoms with Gasteiger partial charge in [-0.15, -0.1) is 15.5 Å². The fourth-order valence-corrected chi connectivity index (χ4v) is 3.93. The van der Waals surface area contributed by atoms with Gasteiger partial charge in [0.2, 0.25) is 0 Å². The predicted molar refractivity (Wildman–Crippen MR) is 107 cm³/mol. The average Bonchev–Trinajstić information content (AvgIpc) is 3.12. The Morgan fingerprint density at radius 2 is 1.93 bits per heavy atom. The first-order chi connectivity index (χ1) is 13.7. The first-order valence-electron chi connectivity index (χ1n) is 8.69. The van der Waals surface area contributed by atoms with Gasteiger partial charge in [-0.2, -0.15) is 5.26 Å². The van der Waals surface area contributed by atoms with Crippen LogP contribution in [0, 0.1) is 11.3 Å². The molecule has 0 bridgehead atoms. The normalized spacial score (nSPS) is 15.2. The lowest BCUT2D eigenvalue weighted by molar-refractivity contribution is -0.132. The highest BCUT2D eigenvalue weighted by atomic mass is 32.5. The van der Waals surface area contributed by atoms with Crippen molar-refractivity contribution in [2.45, 2.75) is 11.3 Å². The molecule has 10 heteroatoms. The third-order valence-electron chi connectivity index (χ3n) is 4.64. The Morgan fingerprint density at radius 3 is 2.47 bits per heavy atom. The molecule has 2 aromatic rings. The third kappa shape index (κ3) is 4.21. The Hall–Kier alpha value is -3.19. The third-order valence-corrected chi connectivity index (χ3v) is 6.10. The molecule has 0 unspecified atom stereocenters. The summed E-state index contributed by atoms with van der Waals surface area (Å²) in [6.45, 7) is 3.56. The van der Waals surface area contributed by atoms with E-state index in [2.05, 4.69) is 18.0 Å². The van der Waals surface area contributed by atoms with Crippen LogP contribution in [0.15, 0.2) is 47.4 Å². The van der Waals surface area contributed by atoms with Crippen molar-refractivity contribution < 1.29 is 30.2 Å². The molecular weight excluding hydrogens is 424 g/mol. The van der Waals surface area contributed by atoms with Crippen LogP contribution in [0.1, 0.15) is 11.1 Å². The SMILES string of the molecule is C=C(CNc1cc(-c2ccc(S(C)(F)(F)(F)F)cc2)c2c(c1C#N)CCO2)C(=O)O. The van der Waals surface area contributed by atoms with Crippen LogP contribution in [0.5, 0.6) is 5.75 Å². The topological polar surface area (TPSA) is 82.3 Å². The number of hydrogen-bond donors (Lipinski definition) is 2. The zero-order chi connectivity index (χ0) is 22.4. The van der Waals surface area contributed by atoms with Gasteiger partial charge in [-0.25, -0.2) is 4.79 Å². The summed E-state index contributed by atoms with van der Waals surface area (Å²) in [7, 11) is -8.30. The van der Waals surface area contributed by atoms with Crippen LogP contribution >= 0.6 is 9.84 Å². The van der Waals surface area contributed by atoms with E-state index in [0.717, 1.165) is 12.1 Å². The fraction of sp³-hybridized carbons (Fsp3) is 0.200. The second-order valence-corrected chi connectivity index (χ2v) is 10.6. The minimum atomic E-state index is -8.30. The zero-order valence-corrected chi connectivity index (χ0v) is 16.7. The van der Waals surface area contributed by atoms with Crippen molar-refractivity contribution in [3.8, 4) is 22.9 Å². The molecule has 160 valence electrons. The Balaban J connectivity index is 2.09. The Bertz CT molecular complexity index is 1110. The molecule has 0 aliphatic carbocycles. The molecule has 2 aromatic carbocycles. The number of nitriles is 1. The summed E-state index contributed by atoms with van der Waals surface area (Å²) in [6, 6.07) is 7.19. The predicted octanol–water partition coefficient (Wildman–Crippen LogP) is 5.62. The van der Waals surface area contributed by atoms with Crippen LogP contribution in [-0.2, 0) is 11.2 Å². The molecule has 0 amide bonds. The molecule has 0 aromatic heterocycles. The van der Waals surface area contributed by atoms with Crippen molar-refractivity contribution in [3.05, 3.63) is 53.6 Å². The number of fused-ring (bicyclic) bond motifs is 1. The Labute approximate surface area is 170 Å². The number of hydrogen-bond acceptors (Lipinski definition) is 4. The summed E-state index contributed by atoms with van der Waals surface area (Å²) in [6.07, 6.45) is 0.0729. The number of nitrogens with one attached hydrogen (secondary N) is 1. The number of ether oxygens (including phenoxy) is 1. The maximum absolute atomic E-state index is 13.6. The number of benzene rings is 2. The summed E-state index contributed by atoms with van der Waals surface area (Å²) in [5.41, 5.74) is 1.76. The van der Waals surface area contributed by atoms with Gasteiger partial charge in [0.05, 0.1) is 29.0 Å². The number of anilines is 1. The maximum Gasteiger partial charge on any atom is 0.332 e. The smallest absolute Gasteiger partial charge is 0.332 e. The quantitative estimate of drug-likeness (QED) is 0.449. The van der Waals surface area contributed by atoms with Crippen LogP contribution in [0.3, 0.4) is 0 Å². The Kier molecular flexibility index (Phi) is 4.59. The standard InChI is InChI=1S/C20H18F4N2O3S/c1-12(20(27)28)11-26-18-9-16(19-15(7-8-29-19)17(18)10-25)13-3-5-14(6-4-13)30(2,21,22,23)24/h3-6,9,26H,1,7-8,11H2,2H3,(H,27,28). The van der Waals surface area contributed by atoms with E-state index in [1.807, 2.05) is 0 Å². The molecular formula is C20H18F4N2O3S. The van der Waals surface area contributed by atoms with Crippen molar-refractivity contribution >= 4 is 21.5 Å². The van der Waals surface area contributed by atoms with Gasteiger partial charge in [-0.1, -0.05) is 18.7 Å². The second kappa shape index (κ2) is 6.40. The summed E-state index contributed by atoms with van der Waals surface area (Å²) in [5, 5.41) is 21.4. The molecule has 2 N–H and O–H groups in total. The summed E-state index contributed by atoms with van der Waals surface area (Å²) in [4.78, 5) is 9.63. The van der Waals surface area contributed by atoms with E-state index in [-0.39, 0.29) is 30.5 Å². The molecule has 1 aliphatic heterocycles. The summed E-state index contributed by atoms with van der Waals surface area (Å²) in [5.74, 6) is -0.837. The van der Waals surface area contributed by atoms with Crippen molar-refractivity contribution in [1.82, 2.24) is 0 Å². The van der Waals surface area contributed by atoms with Crippen molar-refractivity contribution in [1.29, 1.82) is 5.26 Å². The highest BCUT2D eigenvalue weighted by Crippen LogP contribution is 2.98. The van der Waals surface area contributed by atoms with Crippen molar-refractivity contribution in [2.24, 2.45) is 0 Å². The molecule has 1 heterocycles. The van der Waals surface area contributed by atoms with Gasteiger partial charge in [0.15, 0.2) is 9.84 Å². The number of carboxylic acid groups (broad SMARTS) is 1. The molecule has 1 aliphatic rings. The fourth-order valence-electron chi connectivity index (χ4n) is 3.11. The van der Waals surface area contributed by atoms with Gasteiger partial charge in [0, 0.05) is 29.7 Å². The average molecular weight is 442 g/mol. The molecule has 0 saturated carbocycles. The minimum absolute atomic E-state index is 0.127. The first kappa shape index (κ1) is 21.5. The van der Waals surface area contributed by atoms with Crippen LogP contribution in [-0.4, -0.2) is 30.5 Å². The molecule has 0 radical (unpaired) electrons. The highest BCUT2D eigenvalue weighted by Gasteiger charge is 2.59. The van der Waals surface area contributed by atoms with Crippen LogP contribution in [0.25, 0.3) is 11.1 Å². The van der Waals surface area contributed by atoms with Crippen molar-refractivity contribution in [2.75, 3.05) is 24.7 Å². The van der Waals surface area contributed by atoms with E-state index >= 15 is 0 Å². The first-order valence-corrected chi connectivity index (χ1v) is 11.1. The van der Waals surface area contributed by atoms with E-state index in [1.54, 1.807) is 0 Å². The monoisotopic (exact) mass is 442 g/mol. The molecule has 30 heavy (non-hydrogen) atoms. The van der Waals surface area contributed by atoms with Gasteiger partial charge in [-0.3, -0.25) is 0 Å². The lowest BCUT2D eigenvalue weighted by Crippen LogP contribution is -2.12. The van der Waals surface area contributed by atoms with E-state index in [9.17, 15) is 25.6 Å². The summed E-state index contributed by atoms with van der Waals surface area (Å²) < 4.78 is 60.2. The summed E-state index contributed by atoms with van der Waals surface area (Å²) >= 11 is 0. The second-order valence-electron chi connectivity index (χ2n) is 7.13. The minimum Gasteiger partial charge on any atom is -0.492 e. The Morgan fingerprint density at radius 1 is 1.30 bits per heavy atom. The van der Waals surface area contributed by atoms with Gasteiger partial charge < -0.3 is 15.2 Å². The molecule has 0 spiro atoms. The molecule has 0 saturated heterocycles. The number of nitrogens with zero attached hydrogens (tertiary/aromatic N) is 1. The number of halogens is 4. The van der Waals surface area contributed by atoms with Crippen LogP contribution < -0.4 is 10.1 Å². The molecule has 0 atom stereocenters. The lowest BCUT2D eigenvalue weighted by Gasteiger charge is -2.46. The lowest BCUT2D eigenvalue weighted by atomic mass is 9.95. The zero-order valence-electron chi connectivity index (χ0n) is 15.8. The largest absolute Gasteiger partial charge is 0.492 e. The number of carboxylic acids is 1. The molecule has 0 fully saturated rings. The molecule has 5 nitrogen and oxygen atoms in total. The van der Waals surface area contributed by atoms with E-state index in [1.165, 1.54) is 6.07 Å². The van der Waals surface area contributed by atoms with E-state index < -0.39 is 20.7 Å². The highest BCUT2D eigenvalue weighted by molar-refractivity contribution is 8.49. The van der Waals surface area contributed by atoms with E-state index in [0.29, 0.717) is 46.7 Å². The number of aliphatic carboxylic acids is 1. The molecule has 3 rings (SSSR count). The number of rotatable bonds is 6. The van der Waals surface area contributed by atoms with Gasteiger partial charge in [-0.05, 0) is 23.8 Å². The van der Waals surface area contributed by atoms with Gasteiger partial charge >= 0.3 is 5.97 Å². The van der Waals surface area contributed by atoms with Crippen molar-refractivity contribution in [3.63, 3.8) is 0 Å². The number of carbonyl (C=O) groups is 1.